The summed E-state index contributed by atoms with van der Waals surface area (Å²) in [6.45, 7) is 1.86. The molecule has 0 radical (unpaired) electrons. The van der Waals surface area contributed by atoms with E-state index in [2.05, 4.69) is 4.98 Å². The molecule has 0 atom stereocenters. The van der Waals surface area contributed by atoms with Crippen LogP contribution in [0.4, 0.5) is 5.69 Å². The molecule has 1 aromatic carbocycles. The number of nitrogens with zero attached hydrogens (tertiary/aromatic N) is 1. The number of pyridine rings is 1. The molecule has 2 N–H and O–H groups in total. The molecule has 0 saturated heterocycles. The van der Waals surface area contributed by atoms with Crippen molar-refractivity contribution in [2.75, 3.05) is 5.73 Å². The van der Waals surface area contributed by atoms with Crippen molar-refractivity contribution in [2.24, 2.45) is 0 Å². The lowest BCUT2D eigenvalue weighted by atomic mass is 10.1. The Hall–Kier alpha value is -2.82. The fourth-order valence-electron chi connectivity index (χ4n) is 1.98. The molecule has 0 aliphatic carbocycles. The molecule has 0 spiro atoms. The minimum atomic E-state index is -0.379. The average molecular weight is 268 g/mol. The van der Waals surface area contributed by atoms with Crippen molar-refractivity contribution >= 4 is 16.7 Å². The van der Waals surface area contributed by atoms with Crippen LogP contribution in [0.5, 0.6) is 11.5 Å². The van der Waals surface area contributed by atoms with Gasteiger partial charge < -0.3 is 14.9 Å². The Morgan fingerprint density at radius 3 is 2.90 bits per heavy atom. The number of fused-ring (bicyclic) bond motifs is 1. The maximum atomic E-state index is 11.4. The van der Waals surface area contributed by atoms with Crippen LogP contribution in [0.1, 0.15) is 5.56 Å². The number of hydrogen-bond acceptors (Lipinski definition) is 5. The van der Waals surface area contributed by atoms with Gasteiger partial charge in [-0.1, -0.05) is 0 Å². The monoisotopic (exact) mass is 268 g/mol. The van der Waals surface area contributed by atoms with Crippen LogP contribution in [-0.2, 0) is 0 Å². The third kappa shape index (κ3) is 2.21. The molecule has 0 aliphatic rings. The Labute approximate surface area is 114 Å². The molecule has 0 bridgehead atoms. The molecule has 2 aromatic heterocycles. The van der Waals surface area contributed by atoms with Crippen LogP contribution in [0, 0.1) is 6.92 Å². The molecule has 5 nitrogen and oxygen atoms in total. The lowest BCUT2D eigenvalue weighted by Crippen LogP contribution is -1.98. The van der Waals surface area contributed by atoms with Gasteiger partial charge >= 0.3 is 5.63 Å². The molecule has 2 heterocycles. The minimum absolute atomic E-state index is 0.379. The number of nitrogens with two attached hydrogens (primary N) is 1. The van der Waals surface area contributed by atoms with Crippen LogP contribution >= 0.6 is 0 Å². The largest absolute Gasteiger partial charge is 0.455 e. The van der Waals surface area contributed by atoms with E-state index in [1.165, 1.54) is 12.3 Å². The molecule has 100 valence electrons. The SMILES string of the molecule is Cc1cc(=O)oc2cc(Oc3ccncc3N)ccc12. The van der Waals surface area contributed by atoms with E-state index in [1.54, 1.807) is 24.4 Å². The Kier molecular flexibility index (Phi) is 2.87. The highest BCUT2D eigenvalue weighted by Gasteiger charge is 2.06. The fourth-order valence-corrected chi connectivity index (χ4v) is 1.98. The predicted molar refractivity (Wildman–Crippen MR) is 75.9 cm³/mol. The Morgan fingerprint density at radius 1 is 1.25 bits per heavy atom. The van der Waals surface area contributed by atoms with E-state index in [-0.39, 0.29) is 5.63 Å². The summed E-state index contributed by atoms with van der Waals surface area (Å²) in [6, 6.07) is 8.45. The summed E-state index contributed by atoms with van der Waals surface area (Å²) in [5, 5.41) is 0.875. The lowest BCUT2D eigenvalue weighted by molar-refractivity contribution is 0.482. The summed E-state index contributed by atoms with van der Waals surface area (Å²) >= 11 is 0. The standard InChI is InChI=1S/C15H12N2O3/c1-9-6-15(18)20-14-7-10(2-3-11(9)14)19-13-4-5-17-8-12(13)16/h2-8H,16H2,1H3. The molecule has 0 unspecified atom stereocenters. The highest BCUT2D eigenvalue weighted by Crippen LogP contribution is 2.29. The van der Waals surface area contributed by atoms with Crippen LogP contribution in [0.3, 0.4) is 0 Å². The van der Waals surface area contributed by atoms with E-state index in [0.29, 0.717) is 22.8 Å². The van der Waals surface area contributed by atoms with E-state index < -0.39 is 0 Å². The van der Waals surface area contributed by atoms with Gasteiger partial charge in [0.1, 0.15) is 11.3 Å². The van der Waals surface area contributed by atoms with E-state index in [4.69, 9.17) is 14.9 Å². The Bertz CT molecular complexity index is 840. The number of aryl methyl sites for hydroxylation is 1. The van der Waals surface area contributed by atoms with Crippen molar-refractivity contribution in [3.05, 3.63) is 58.7 Å². The highest BCUT2D eigenvalue weighted by atomic mass is 16.5. The molecule has 0 aliphatic heterocycles. The molecule has 3 rings (SSSR count). The van der Waals surface area contributed by atoms with Gasteiger partial charge in [-0.05, 0) is 24.6 Å². The van der Waals surface area contributed by atoms with Crippen LogP contribution < -0.4 is 16.1 Å². The molecular weight excluding hydrogens is 256 g/mol. The summed E-state index contributed by atoms with van der Waals surface area (Å²) in [6.07, 6.45) is 3.11. The second-order valence-corrected chi connectivity index (χ2v) is 4.42. The van der Waals surface area contributed by atoms with Crippen LogP contribution in [-0.4, -0.2) is 4.98 Å². The Morgan fingerprint density at radius 2 is 2.10 bits per heavy atom. The number of aromatic nitrogens is 1. The second kappa shape index (κ2) is 4.70. The zero-order chi connectivity index (χ0) is 14.1. The van der Waals surface area contributed by atoms with E-state index in [1.807, 2.05) is 13.0 Å². The number of hydrogen-bond donors (Lipinski definition) is 1. The van der Waals surface area contributed by atoms with E-state index in [9.17, 15) is 4.79 Å². The molecule has 0 fully saturated rings. The van der Waals surface area contributed by atoms with Crippen molar-refractivity contribution < 1.29 is 9.15 Å². The van der Waals surface area contributed by atoms with Gasteiger partial charge in [0.05, 0.1) is 11.9 Å². The van der Waals surface area contributed by atoms with Crippen LogP contribution in [0.15, 0.2) is 51.9 Å². The van der Waals surface area contributed by atoms with Crippen molar-refractivity contribution in [3.63, 3.8) is 0 Å². The molecule has 0 saturated carbocycles. The topological polar surface area (TPSA) is 78.3 Å². The van der Waals surface area contributed by atoms with Gasteiger partial charge in [-0.3, -0.25) is 4.98 Å². The van der Waals surface area contributed by atoms with E-state index in [0.717, 1.165) is 10.9 Å². The molecule has 3 aromatic rings. The van der Waals surface area contributed by atoms with Gasteiger partial charge in [-0.25, -0.2) is 4.79 Å². The first kappa shape index (κ1) is 12.2. The van der Waals surface area contributed by atoms with Crippen LogP contribution in [0.25, 0.3) is 11.0 Å². The van der Waals surface area contributed by atoms with Gasteiger partial charge in [0, 0.05) is 29.8 Å². The third-order valence-corrected chi connectivity index (χ3v) is 2.96. The number of ether oxygens (including phenoxy) is 1. The number of benzene rings is 1. The predicted octanol–water partition coefficient (Wildman–Crippen LogP) is 2.87. The van der Waals surface area contributed by atoms with E-state index >= 15 is 0 Å². The summed E-state index contributed by atoms with van der Waals surface area (Å²) in [7, 11) is 0. The minimum Gasteiger partial charge on any atom is -0.455 e. The Balaban J connectivity index is 2.05. The zero-order valence-corrected chi connectivity index (χ0v) is 10.8. The summed E-state index contributed by atoms with van der Waals surface area (Å²) in [5.41, 5.74) is 7.19. The number of anilines is 1. The van der Waals surface area contributed by atoms with Gasteiger partial charge in [0.25, 0.3) is 0 Å². The molecule has 0 amide bonds. The highest BCUT2D eigenvalue weighted by molar-refractivity contribution is 5.81. The maximum absolute atomic E-state index is 11.4. The summed E-state index contributed by atoms with van der Waals surface area (Å²) in [5.74, 6) is 1.05. The molecule has 5 heteroatoms. The average Bonchev–Trinajstić information content (AvgIpc) is 2.41. The smallest absolute Gasteiger partial charge is 0.336 e. The second-order valence-electron chi connectivity index (χ2n) is 4.42. The van der Waals surface area contributed by atoms with Gasteiger partial charge in [-0.15, -0.1) is 0 Å². The first-order valence-corrected chi connectivity index (χ1v) is 6.05. The van der Waals surface area contributed by atoms with Gasteiger partial charge in [0.15, 0.2) is 5.75 Å². The fraction of sp³-hybridized carbons (Fsp3) is 0.0667. The van der Waals surface area contributed by atoms with Crippen LogP contribution in [0.2, 0.25) is 0 Å². The van der Waals surface area contributed by atoms with Gasteiger partial charge in [0.2, 0.25) is 0 Å². The first-order valence-electron chi connectivity index (χ1n) is 6.05. The normalized spacial score (nSPS) is 10.7. The van der Waals surface area contributed by atoms with Crippen molar-refractivity contribution in [2.45, 2.75) is 6.92 Å². The van der Waals surface area contributed by atoms with Gasteiger partial charge in [-0.2, -0.15) is 0 Å². The quantitative estimate of drug-likeness (QED) is 0.723. The zero-order valence-electron chi connectivity index (χ0n) is 10.8. The third-order valence-electron chi connectivity index (χ3n) is 2.96. The molecular formula is C15H12N2O3. The van der Waals surface area contributed by atoms with Crippen molar-refractivity contribution in [1.82, 2.24) is 4.98 Å². The summed E-state index contributed by atoms with van der Waals surface area (Å²) in [4.78, 5) is 15.3. The lowest BCUT2D eigenvalue weighted by Gasteiger charge is -2.08. The number of nitrogen functional groups attached to an aromatic ring is 1. The molecule has 20 heavy (non-hydrogen) atoms. The summed E-state index contributed by atoms with van der Waals surface area (Å²) < 4.78 is 10.8. The van der Waals surface area contributed by atoms with Crippen molar-refractivity contribution in [1.29, 1.82) is 0 Å². The number of rotatable bonds is 2. The van der Waals surface area contributed by atoms with Crippen molar-refractivity contribution in [3.8, 4) is 11.5 Å². The first-order chi connectivity index (χ1) is 9.63. The maximum Gasteiger partial charge on any atom is 0.336 e.